The predicted octanol–water partition coefficient (Wildman–Crippen LogP) is -0.138. The zero-order valence-corrected chi connectivity index (χ0v) is 7.91. The Morgan fingerprint density at radius 3 is 2.67 bits per heavy atom. The first-order valence-corrected chi connectivity index (χ1v) is 3.99. The van der Waals surface area contributed by atoms with E-state index in [-0.39, 0.29) is 18.6 Å². The van der Waals surface area contributed by atoms with Crippen molar-refractivity contribution >= 4 is 5.97 Å². The first-order valence-electron chi connectivity index (χ1n) is 3.99. The Kier molecular flexibility index (Phi) is 5.66. The van der Waals surface area contributed by atoms with Crippen LogP contribution in [0.2, 0.25) is 0 Å². The number of ether oxygens (including phenoxy) is 1. The number of nitrogens with zero attached hydrogens (tertiary/aromatic N) is 1. The summed E-state index contributed by atoms with van der Waals surface area (Å²) >= 11 is 0. The van der Waals surface area contributed by atoms with Crippen molar-refractivity contribution in [3.63, 3.8) is 0 Å². The molecule has 0 saturated carbocycles. The first-order chi connectivity index (χ1) is 5.61. The summed E-state index contributed by atoms with van der Waals surface area (Å²) in [5.41, 5.74) is 0. The smallest absolute Gasteiger partial charge is 0.307 e. The molecule has 4 heteroatoms. The van der Waals surface area contributed by atoms with E-state index in [1.54, 1.807) is 0 Å². The number of rotatable bonds is 5. The van der Waals surface area contributed by atoms with Crippen LogP contribution in [0.3, 0.4) is 0 Å². The number of esters is 1. The van der Waals surface area contributed by atoms with Crippen LogP contribution in [0.5, 0.6) is 0 Å². The van der Waals surface area contributed by atoms with Crippen LogP contribution in [0.15, 0.2) is 0 Å². The fraction of sp³-hybridized carbons (Fsp3) is 0.875. The SMILES string of the molecule is COC(=O)CC(C)N(C)CCO. The van der Waals surface area contributed by atoms with Gasteiger partial charge in [-0.15, -0.1) is 0 Å². The Labute approximate surface area is 73.1 Å². The lowest BCUT2D eigenvalue weighted by Gasteiger charge is -2.22. The van der Waals surface area contributed by atoms with Crippen molar-refractivity contribution in [1.29, 1.82) is 0 Å². The predicted molar refractivity (Wildman–Crippen MR) is 45.8 cm³/mol. The van der Waals surface area contributed by atoms with Crippen LogP contribution in [-0.4, -0.2) is 49.3 Å². The average Bonchev–Trinajstić information content (AvgIpc) is 2.04. The molecule has 0 bridgehead atoms. The number of likely N-dealkylation sites (N-methyl/N-ethyl adjacent to an activating group) is 1. The lowest BCUT2D eigenvalue weighted by molar-refractivity contribution is -0.141. The maximum Gasteiger partial charge on any atom is 0.307 e. The molecule has 0 radical (unpaired) electrons. The number of hydrogen-bond donors (Lipinski definition) is 1. The van der Waals surface area contributed by atoms with Crippen LogP contribution in [0.25, 0.3) is 0 Å². The zero-order chi connectivity index (χ0) is 9.56. The van der Waals surface area contributed by atoms with E-state index >= 15 is 0 Å². The third kappa shape index (κ3) is 4.31. The molecule has 12 heavy (non-hydrogen) atoms. The molecule has 0 aliphatic carbocycles. The first kappa shape index (κ1) is 11.4. The molecule has 1 unspecified atom stereocenters. The van der Waals surface area contributed by atoms with Gasteiger partial charge in [-0.1, -0.05) is 0 Å². The molecule has 1 atom stereocenters. The van der Waals surface area contributed by atoms with Crippen LogP contribution < -0.4 is 0 Å². The second-order valence-corrected chi connectivity index (χ2v) is 2.83. The normalized spacial score (nSPS) is 13.1. The summed E-state index contributed by atoms with van der Waals surface area (Å²) in [5.74, 6) is -0.215. The van der Waals surface area contributed by atoms with Gasteiger partial charge in [0, 0.05) is 12.6 Å². The van der Waals surface area contributed by atoms with E-state index in [9.17, 15) is 4.79 Å². The maximum atomic E-state index is 10.8. The molecule has 72 valence electrons. The minimum atomic E-state index is -0.215. The number of methoxy groups -OCH3 is 1. The van der Waals surface area contributed by atoms with Gasteiger partial charge in [-0.3, -0.25) is 4.79 Å². The molecule has 0 aromatic heterocycles. The van der Waals surface area contributed by atoms with Gasteiger partial charge in [0.25, 0.3) is 0 Å². The monoisotopic (exact) mass is 175 g/mol. The number of aliphatic hydroxyl groups excluding tert-OH is 1. The number of carbonyl (C=O) groups excluding carboxylic acids is 1. The van der Waals surface area contributed by atoms with E-state index < -0.39 is 0 Å². The standard InChI is InChI=1S/C8H17NO3/c1-7(6-8(11)12-3)9(2)4-5-10/h7,10H,4-6H2,1-3H3. The highest BCUT2D eigenvalue weighted by atomic mass is 16.5. The van der Waals surface area contributed by atoms with Crippen molar-refractivity contribution in [3.8, 4) is 0 Å². The minimum absolute atomic E-state index is 0.113. The van der Waals surface area contributed by atoms with Crippen molar-refractivity contribution in [2.45, 2.75) is 19.4 Å². The fourth-order valence-electron chi connectivity index (χ4n) is 0.858. The molecule has 0 aliphatic rings. The molecule has 0 saturated heterocycles. The maximum absolute atomic E-state index is 10.8. The summed E-state index contributed by atoms with van der Waals surface area (Å²) < 4.78 is 4.52. The minimum Gasteiger partial charge on any atom is -0.469 e. The fourth-order valence-corrected chi connectivity index (χ4v) is 0.858. The Hall–Kier alpha value is -0.610. The lowest BCUT2D eigenvalue weighted by atomic mass is 10.2. The molecule has 0 rings (SSSR count). The van der Waals surface area contributed by atoms with Crippen LogP contribution in [0.1, 0.15) is 13.3 Å². The molecular formula is C8H17NO3. The summed E-state index contributed by atoms with van der Waals surface area (Å²) in [6.45, 7) is 2.62. The van der Waals surface area contributed by atoms with Gasteiger partial charge in [0.05, 0.1) is 20.1 Å². The van der Waals surface area contributed by atoms with E-state index in [1.165, 1.54) is 7.11 Å². The molecule has 4 nitrogen and oxygen atoms in total. The Balaban J connectivity index is 3.69. The molecule has 0 amide bonds. The third-order valence-corrected chi connectivity index (χ3v) is 1.89. The summed E-state index contributed by atoms with van der Waals surface area (Å²) in [6, 6.07) is 0.115. The Bertz CT molecular complexity index is 138. The highest BCUT2D eigenvalue weighted by molar-refractivity contribution is 5.69. The Morgan fingerprint density at radius 1 is 1.67 bits per heavy atom. The van der Waals surface area contributed by atoms with Crippen molar-refractivity contribution in [1.82, 2.24) is 4.90 Å². The molecule has 0 heterocycles. The average molecular weight is 175 g/mol. The Morgan fingerprint density at radius 2 is 2.25 bits per heavy atom. The van der Waals surface area contributed by atoms with Gasteiger partial charge in [-0.2, -0.15) is 0 Å². The number of hydrogen-bond acceptors (Lipinski definition) is 4. The molecular weight excluding hydrogens is 158 g/mol. The highest BCUT2D eigenvalue weighted by Crippen LogP contribution is 2.01. The second-order valence-electron chi connectivity index (χ2n) is 2.83. The van der Waals surface area contributed by atoms with E-state index in [1.807, 2.05) is 18.9 Å². The van der Waals surface area contributed by atoms with Crippen LogP contribution in [0.4, 0.5) is 0 Å². The topological polar surface area (TPSA) is 49.8 Å². The summed E-state index contributed by atoms with van der Waals surface area (Å²) in [5, 5.41) is 8.62. The van der Waals surface area contributed by atoms with E-state index in [2.05, 4.69) is 4.74 Å². The molecule has 0 aromatic rings. The quantitative estimate of drug-likeness (QED) is 0.591. The van der Waals surface area contributed by atoms with Crippen LogP contribution in [-0.2, 0) is 9.53 Å². The summed E-state index contributed by atoms with van der Waals surface area (Å²) in [6.07, 6.45) is 0.368. The van der Waals surface area contributed by atoms with Crippen LogP contribution >= 0.6 is 0 Å². The van der Waals surface area contributed by atoms with Gasteiger partial charge in [0.15, 0.2) is 0 Å². The van der Waals surface area contributed by atoms with Gasteiger partial charge < -0.3 is 14.7 Å². The van der Waals surface area contributed by atoms with Crippen LogP contribution in [0, 0.1) is 0 Å². The van der Waals surface area contributed by atoms with E-state index in [0.29, 0.717) is 13.0 Å². The van der Waals surface area contributed by atoms with Gasteiger partial charge >= 0.3 is 5.97 Å². The van der Waals surface area contributed by atoms with Crippen molar-refractivity contribution in [2.24, 2.45) is 0 Å². The van der Waals surface area contributed by atoms with Gasteiger partial charge in [-0.05, 0) is 14.0 Å². The van der Waals surface area contributed by atoms with E-state index in [4.69, 9.17) is 5.11 Å². The zero-order valence-electron chi connectivity index (χ0n) is 7.91. The third-order valence-electron chi connectivity index (χ3n) is 1.89. The van der Waals surface area contributed by atoms with Gasteiger partial charge in [0.2, 0.25) is 0 Å². The highest BCUT2D eigenvalue weighted by Gasteiger charge is 2.12. The largest absolute Gasteiger partial charge is 0.469 e. The molecule has 0 spiro atoms. The van der Waals surface area contributed by atoms with Crippen molar-refractivity contribution in [3.05, 3.63) is 0 Å². The summed E-state index contributed by atoms with van der Waals surface area (Å²) in [7, 11) is 3.24. The second kappa shape index (κ2) is 5.97. The van der Waals surface area contributed by atoms with Gasteiger partial charge in [0.1, 0.15) is 0 Å². The van der Waals surface area contributed by atoms with Crippen molar-refractivity contribution in [2.75, 3.05) is 27.3 Å². The number of carbonyl (C=O) groups is 1. The van der Waals surface area contributed by atoms with E-state index in [0.717, 1.165) is 0 Å². The molecule has 1 N–H and O–H groups in total. The van der Waals surface area contributed by atoms with Crippen molar-refractivity contribution < 1.29 is 14.6 Å². The molecule has 0 aliphatic heterocycles. The summed E-state index contributed by atoms with van der Waals surface area (Å²) in [4.78, 5) is 12.7. The number of aliphatic hydroxyl groups is 1. The van der Waals surface area contributed by atoms with Gasteiger partial charge in [-0.25, -0.2) is 0 Å². The lowest BCUT2D eigenvalue weighted by Crippen LogP contribution is -2.33. The molecule has 0 fully saturated rings. The molecule has 0 aromatic carbocycles.